The van der Waals surface area contributed by atoms with Crippen LogP contribution in [0.2, 0.25) is 5.15 Å². The van der Waals surface area contributed by atoms with Crippen molar-refractivity contribution >= 4 is 23.4 Å². The quantitative estimate of drug-likeness (QED) is 0.666. The van der Waals surface area contributed by atoms with Crippen molar-refractivity contribution in [3.63, 3.8) is 0 Å². The molecule has 0 bridgehead atoms. The van der Waals surface area contributed by atoms with Crippen LogP contribution in [0.15, 0.2) is 27.1 Å². The number of hydrogen-bond acceptors (Lipinski definition) is 5. The van der Waals surface area contributed by atoms with Crippen LogP contribution in [-0.4, -0.2) is 19.9 Å². The Morgan fingerprint density at radius 2 is 2.00 bits per heavy atom. The highest BCUT2D eigenvalue weighted by Crippen LogP contribution is 2.23. The van der Waals surface area contributed by atoms with Crippen LogP contribution in [0.3, 0.4) is 0 Å². The van der Waals surface area contributed by atoms with Crippen LogP contribution in [0.1, 0.15) is 11.5 Å². The molecule has 5 nitrogen and oxygen atoms in total. The predicted molar refractivity (Wildman–Crippen MR) is 65.5 cm³/mol. The lowest BCUT2D eigenvalue weighted by Crippen LogP contribution is -2.08. The first-order valence-corrected chi connectivity index (χ1v) is 5.99. The molecule has 88 valence electrons. The Labute approximate surface area is 107 Å². The molecule has 0 spiro atoms. The van der Waals surface area contributed by atoms with Crippen LogP contribution in [0, 0.1) is 13.8 Å². The van der Waals surface area contributed by atoms with E-state index in [0.29, 0.717) is 26.9 Å². The van der Waals surface area contributed by atoms with Crippen molar-refractivity contribution in [3.05, 3.63) is 39.2 Å². The van der Waals surface area contributed by atoms with Gasteiger partial charge in [0.2, 0.25) is 0 Å². The molecule has 0 aliphatic heterocycles. The molecular weight excluding hydrogens is 260 g/mol. The van der Waals surface area contributed by atoms with Gasteiger partial charge in [0.05, 0.1) is 0 Å². The van der Waals surface area contributed by atoms with E-state index < -0.39 is 0 Å². The lowest BCUT2D eigenvalue weighted by atomic mass is 10.5. The largest absolute Gasteiger partial charge is 0.301 e. The normalized spacial score (nSPS) is 10.5. The number of halogens is 1. The minimum absolute atomic E-state index is 0.183. The number of aryl methyl sites for hydroxylation is 2. The van der Waals surface area contributed by atoms with Gasteiger partial charge in [-0.05, 0) is 25.6 Å². The molecule has 0 fully saturated rings. The maximum absolute atomic E-state index is 11.3. The Kier molecular flexibility index (Phi) is 3.44. The van der Waals surface area contributed by atoms with Crippen LogP contribution in [-0.2, 0) is 0 Å². The number of nitrogens with zero attached hydrogens (tertiary/aromatic N) is 3. The van der Waals surface area contributed by atoms with Gasteiger partial charge in [0.15, 0.2) is 5.16 Å². The molecule has 0 amide bonds. The lowest BCUT2D eigenvalue weighted by molar-refractivity contribution is 0.895. The Balaban J connectivity index is 2.34. The van der Waals surface area contributed by atoms with Crippen molar-refractivity contribution in [1.29, 1.82) is 0 Å². The third-order valence-electron chi connectivity index (χ3n) is 1.83. The van der Waals surface area contributed by atoms with Gasteiger partial charge in [0, 0.05) is 17.8 Å². The maximum atomic E-state index is 11.3. The summed E-state index contributed by atoms with van der Waals surface area (Å²) in [4.78, 5) is 26.2. The summed E-state index contributed by atoms with van der Waals surface area (Å²) in [5.74, 6) is 0.579. The second kappa shape index (κ2) is 4.85. The van der Waals surface area contributed by atoms with E-state index in [-0.39, 0.29) is 5.56 Å². The maximum Gasteiger partial charge on any atom is 0.251 e. The summed E-state index contributed by atoms with van der Waals surface area (Å²) in [5, 5.41) is 1.51. The van der Waals surface area contributed by atoms with Crippen molar-refractivity contribution < 1.29 is 0 Å². The smallest absolute Gasteiger partial charge is 0.251 e. The highest BCUT2D eigenvalue weighted by molar-refractivity contribution is 7.99. The number of hydrogen-bond donors (Lipinski definition) is 1. The fourth-order valence-corrected chi connectivity index (χ4v) is 2.43. The molecule has 2 heterocycles. The molecule has 0 unspecified atom stereocenters. The SMILES string of the molecule is Cc1cc(=O)[nH]c(Sc2cc(Cl)nc(C)n2)n1. The standard InChI is InChI=1S/C10H9ClN4OS/c1-5-3-8(16)15-10(12-5)17-9-4-7(11)13-6(2)14-9/h3-4H,1-2H3,(H,12,15,16). The zero-order valence-electron chi connectivity index (χ0n) is 9.19. The van der Waals surface area contributed by atoms with Crippen LogP contribution in [0.4, 0.5) is 0 Å². The number of H-pyrrole nitrogens is 1. The van der Waals surface area contributed by atoms with Gasteiger partial charge >= 0.3 is 0 Å². The molecule has 0 aliphatic rings. The summed E-state index contributed by atoms with van der Waals surface area (Å²) in [6, 6.07) is 3.06. The topological polar surface area (TPSA) is 71.5 Å². The summed E-state index contributed by atoms with van der Waals surface area (Å²) in [6.07, 6.45) is 0. The van der Waals surface area contributed by atoms with E-state index in [1.54, 1.807) is 19.9 Å². The zero-order chi connectivity index (χ0) is 12.4. The summed E-state index contributed by atoms with van der Waals surface area (Å²) >= 11 is 7.06. The average Bonchev–Trinajstić information content (AvgIpc) is 2.13. The van der Waals surface area contributed by atoms with Gasteiger partial charge in [0.1, 0.15) is 16.0 Å². The van der Waals surface area contributed by atoms with Crippen molar-refractivity contribution in [2.24, 2.45) is 0 Å². The number of aromatic amines is 1. The van der Waals surface area contributed by atoms with E-state index in [1.807, 2.05) is 0 Å². The predicted octanol–water partition coefficient (Wildman–Crippen LogP) is 1.98. The first kappa shape index (κ1) is 12.1. The molecule has 7 heteroatoms. The lowest BCUT2D eigenvalue weighted by Gasteiger charge is -2.02. The van der Waals surface area contributed by atoms with Gasteiger partial charge in [-0.2, -0.15) is 0 Å². The second-order valence-electron chi connectivity index (χ2n) is 3.37. The van der Waals surface area contributed by atoms with E-state index in [9.17, 15) is 4.79 Å². The van der Waals surface area contributed by atoms with E-state index in [1.165, 1.54) is 17.8 Å². The number of aromatic nitrogens is 4. The second-order valence-corrected chi connectivity index (χ2v) is 4.77. The minimum atomic E-state index is -0.183. The molecule has 0 aromatic carbocycles. The Morgan fingerprint density at radius 3 is 2.65 bits per heavy atom. The van der Waals surface area contributed by atoms with Crippen molar-refractivity contribution in [2.45, 2.75) is 24.0 Å². The third-order valence-corrected chi connectivity index (χ3v) is 2.83. The van der Waals surface area contributed by atoms with Crippen molar-refractivity contribution in [3.8, 4) is 0 Å². The highest BCUT2D eigenvalue weighted by Gasteiger charge is 2.05. The highest BCUT2D eigenvalue weighted by atomic mass is 35.5. The monoisotopic (exact) mass is 268 g/mol. The van der Waals surface area contributed by atoms with Crippen LogP contribution in [0.25, 0.3) is 0 Å². The van der Waals surface area contributed by atoms with Crippen LogP contribution in [0.5, 0.6) is 0 Å². The molecule has 1 N–H and O–H groups in total. The molecule has 0 saturated heterocycles. The summed E-state index contributed by atoms with van der Waals surface area (Å²) < 4.78 is 0. The molecule has 2 aromatic rings. The van der Waals surface area contributed by atoms with Gasteiger partial charge in [-0.1, -0.05) is 11.6 Å². The van der Waals surface area contributed by atoms with E-state index in [4.69, 9.17) is 11.6 Å². The van der Waals surface area contributed by atoms with Crippen LogP contribution >= 0.6 is 23.4 Å². The van der Waals surface area contributed by atoms with Gasteiger partial charge in [-0.3, -0.25) is 4.79 Å². The van der Waals surface area contributed by atoms with E-state index in [0.717, 1.165) is 0 Å². The van der Waals surface area contributed by atoms with Crippen molar-refractivity contribution in [2.75, 3.05) is 0 Å². The summed E-state index contributed by atoms with van der Waals surface area (Å²) in [5.41, 5.74) is 0.477. The Morgan fingerprint density at radius 1 is 1.24 bits per heavy atom. The molecule has 2 aromatic heterocycles. The van der Waals surface area contributed by atoms with Crippen molar-refractivity contribution in [1.82, 2.24) is 19.9 Å². The molecule has 0 saturated carbocycles. The Hall–Kier alpha value is -1.40. The average molecular weight is 269 g/mol. The third kappa shape index (κ3) is 3.28. The molecule has 0 atom stereocenters. The first-order valence-electron chi connectivity index (χ1n) is 4.80. The van der Waals surface area contributed by atoms with E-state index >= 15 is 0 Å². The van der Waals surface area contributed by atoms with Crippen LogP contribution < -0.4 is 5.56 Å². The van der Waals surface area contributed by atoms with Gasteiger partial charge < -0.3 is 4.98 Å². The number of nitrogens with one attached hydrogen (secondary N) is 1. The number of rotatable bonds is 2. The summed E-state index contributed by atoms with van der Waals surface area (Å²) in [6.45, 7) is 3.51. The fraction of sp³-hybridized carbons (Fsp3) is 0.200. The minimum Gasteiger partial charge on any atom is -0.301 e. The van der Waals surface area contributed by atoms with E-state index in [2.05, 4.69) is 19.9 Å². The molecular formula is C10H9ClN4OS. The molecule has 0 radical (unpaired) electrons. The van der Waals surface area contributed by atoms with Gasteiger partial charge in [-0.25, -0.2) is 15.0 Å². The molecule has 17 heavy (non-hydrogen) atoms. The van der Waals surface area contributed by atoms with Gasteiger partial charge in [-0.15, -0.1) is 0 Å². The molecule has 2 rings (SSSR count). The Bertz CT molecular complexity index is 593. The first-order chi connectivity index (χ1) is 8.02. The summed E-state index contributed by atoms with van der Waals surface area (Å²) in [7, 11) is 0. The molecule has 0 aliphatic carbocycles. The fourth-order valence-electron chi connectivity index (χ4n) is 1.26. The van der Waals surface area contributed by atoms with Gasteiger partial charge in [0.25, 0.3) is 5.56 Å². The zero-order valence-corrected chi connectivity index (χ0v) is 10.8.